The summed E-state index contributed by atoms with van der Waals surface area (Å²) in [5.41, 5.74) is -0.182. The summed E-state index contributed by atoms with van der Waals surface area (Å²) in [5.74, 6) is -2.68. The molecule has 0 spiro atoms. The third-order valence-electron chi connectivity index (χ3n) is 1.34. The molecule has 11 heavy (non-hydrogen) atoms. The second-order valence-corrected chi connectivity index (χ2v) is 2.89. The molecule has 0 amide bonds. The molecular formula is C7H4BrF3. The van der Waals surface area contributed by atoms with Gasteiger partial charge in [0.05, 0.1) is 4.47 Å². The zero-order chi connectivity index (χ0) is 8.59. The number of halogens is 4. The zero-order valence-electron chi connectivity index (χ0n) is 5.59. The number of benzene rings is 1. The molecule has 0 bridgehead atoms. The molecule has 1 aromatic carbocycles. The lowest BCUT2D eigenvalue weighted by Gasteiger charge is -2.01. The van der Waals surface area contributed by atoms with E-state index in [-0.39, 0.29) is 10.0 Å². The summed E-state index contributed by atoms with van der Waals surface area (Å²) in [6, 6.07) is 0.641. The Morgan fingerprint density at radius 2 is 1.73 bits per heavy atom. The monoisotopic (exact) mass is 224 g/mol. The van der Waals surface area contributed by atoms with Crippen LogP contribution in [0.15, 0.2) is 10.5 Å². The molecule has 0 aliphatic heterocycles. The normalized spacial score (nSPS) is 10.3. The van der Waals surface area contributed by atoms with Crippen LogP contribution >= 0.6 is 15.9 Å². The minimum atomic E-state index is -0.925. The molecule has 0 nitrogen and oxygen atoms in total. The first kappa shape index (κ1) is 8.59. The lowest BCUT2D eigenvalue weighted by molar-refractivity contribution is 0.524. The SMILES string of the molecule is Cc1c(F)cc(F)c(Br)c1F. The molecule has 0 unspecified atom stereocenters. The minimum Gasteiger partial charge on any atom is -0.206 e. The molecule has 60 valence electrons. The second-order valence-electron chi connectivity index (χ2n) is 2.09. The molecule has 0 fully saturated rings. The third-order valence-corrected chi connectivity index (χ3v) is 2.07. The van der Waals surface area contributed by atoms with Gasteiger partial charge in [0, 0.05) is 11.6 Å². The summed E-state index contributed by atoms with van der Waals surface area (Å²) < 4.78 is 37.4. The maximum absolute atomic E-state index is 12.7. The quantitative estimate of drug-likeness (QED) is 0.469. The van der Waals surface area contributed by atoms with Crippen LogP contribution in [0.1, 0.15) is 5.56 Å². The van der Waals surface area contributed by atoms with Gasteiger partial charge in [-0.3, -0.25) is 0 Å². The van der Waals surface area contributed by atoms with Crippen molar-refractivity contribution in [2.45, 2.75) is 6.92 Å². The number of rotatable bonds is 0. The van der Waals surface area contributed by atoms with Crippen LogP contribution in [0.2, 0.25) is 0 Å². The molecule has 0 heterocycles. The van der Waals surface area contributed by atoms with Crippen LogP contribution in [-0.4, -0.2) is 0 Å². The van der Waals surface area contributed by atoms with Crippen LogP contribution in [0.5, 0.6) is 0 Å². The molecule has 0 atom stereocenters. The molecule has 0 saturated carbocycles. The van der Waals surface area contributed by atoms with Gasteiger partial charge in [-0.2, -0.15) is 0 Å². The smallest absolute Gasteiger partial charge is 0.146 e. The van der Waals surface area contributed by atoms with Crippen LogP contribution in [0.3, 0.4) is 0 Å². The van der Waals surface area contributed by atoms with Crippen molar-refractivity contribution in [2.24, 2.45) is 0 Å². The molecule has 0 saturated heterocycles. The van der Waals surface area contributed by atoms with Gasteiger partial charge >= 0.3 is 0 Å². The van der Waals surface area contributed by atoms with E-state index in [1.165, 1.54) is 6.92 Å². The van der Waals surface area contributed by atoms with Crippen LogP contribution in [-0.2, 0) is 0 Å². The Kier molecular flexibility index (Phi) is 2.23. The van der Waals surface area contributed by atoms with Gasteiger partial charge < -0.3 is 0 Å². The predicted octanol–water partition coefficient (Wildman–Crippen LogP) is 3.17. The van der Waals surface area contributed by atoms with Gasteiger partial charge in [-0.05, 0) is 22.9 Å². The van der Waals surface area contributed by atoms with Crippen molar-refractivity contribution in [1.29, 1.82) is 0 Å². The highest BCUT2D eigenvalue weighted by Crippen LogP contribution is 2.23. The molecule has 4 heteroatoms. The molecule has 0 aliphatic carbocycles. The Morgan fingerprint density at radius 3 is 2.27 bits per heavy atom. The lowest BCUT2D eigenvalue weighted by atomic mass is 10.2. The van der Waals surface area contributed by atoms with Gasteiger partial charge in [0.1, 0.15) is 17.5 Å². The third kappa shape index (κ3) is 1.40. The first-order valence-electron chi connectivity index (χ1n) is 2.83. The van der Waals surface area contributed by atoms with Gasteiger partial charge in [0.15, 0.2) is 0 Å². The molecule has 0 radical (unpaired) electrons. The van der Waals surface area contributed by atoms with Crippen molar-refractivity contribution in [3.63, 3.8) is 0 Å². The first-order chi connectivity index (χ1) is 5.04. The summed E-state index contributed by atoms with van der Waals surface area (Å²) in [5, 5.41) is 0. The van der Waals surface area contributed by atoms with Crippen LogP contribution < -0.4 is 0 Å². The summed E-state index contributed by atoms with van der Waals surface area (Å²) in [6.07, 6.45) is 0. The molecule has 0 aliphatic rings. The van der Waals surface area contributed by atoms with Crippen molar-refractivity contribution >= 4 is 15.9 Å². The fraction of sp³-hybridized carbons (Fsp3) is 0.143. The average molecular weight is 225 g/mol. The van der Waals surface area contributed by atoms with Gasteiger partial charge in [-0.1, -0.05) is 0 Å². The summed E-state index contributed by atoms with van der Waals surface area (Å²) in [7, 11) is 0. The van der Waals surface area contributed by atoms with E-state index in [0.717, 1.165) is 0 Å². The molecule has 0 aromatic heterocycles. The van der Waals surface area contributed by atoms with E-state index in [1.807, 2.05) is 0 Å². The van der Waals surface area contributed by atoms with E-state index in [4.69, 9.17) is 0 Å². The fourth-order valence-corrected chi connectivity index (χ4v) is 1.07. The van der Waals surface area contributed by atoms with E-state index in [0.29, 0.717) is 6.07 Å². The van der Waals surface area contributed by atoms with E-state index in [2.05, 4.69) is 15.9 Å². The van der Waals surface area contributed by atoms with Gasteiger partial charge in [-0.25, -0.2) is 13.2 Å². The maximum Gasteiger partial charge on any atom is 0.146 e. The van der Waals surface area contributed by atoms with Crippen LogP contribution in [0, 0.1) is 24.4 Å². The highest BCUT2D eigenvalue weighted by atomic mass is 79.9. The Morgan fingerprint density at radius 1 is 1.18 bits per heavy atom. The highest BCUT2D eigenvalue weighted by Gasteiger charge is 2.12. The topological polar surface area (TPSA) is 0 Å². The Hall–Kier alpha value is -0.510. The Balaban J connectivity index is 3.46. The average Bonchev–Trinajstić information content (AvgIpc) is 1.97. The molecule has 1 aromatic rings. The molecule has 1 rings (SSSR count). The van der Waals surface area contributed by atoms with Crippen molar-refractivity contribution < 1.29 is 13.2 Å². The van der Waals surface area contributed by atoms with Crippen LogP contribution in [0.4, 0.5) is 13.2 Å². The van der Waals surface area contributed by atoms with E-state index in [1.54, 1.807) is 0 Å². The summed E-state index contributed by atoms with van der Waals surface area (Å²) in [6.45, 7) is 1.24. The van der Waals surface area contributed by atoms with Gasteiger partial charge in [0.2, 0.25) is 0 Å². The summed E-state index contributed by atoms with van der Waals surface area (Å²) in [4.78, 5) is 0. The fourth-order valence-electron chi connectivity index (χ4n) is 0.657. The summed E-state index contributed by atoms with van der Waals surface area (Å²) >= 11 is 2.65. The lowest BCUT2D eigenvalue weighted by Crippen LogP contribution is -1.93. The highest BCUT2D eigenvalue weighted by molar-refractivity contribution is 9.10. The van der Waals surface area contributed by atoms with E-state index < -0.39 is 17.5 Å². The van der Waals surface area contributed by atoms with Crippen LogP contribution in [0.25, 0.3) is 0 Å². The standard InChI is InChI=1S/C7H4BrF3/c1-3-4(9)2-5(10)6(8)7(3)11/h2H,1H3. The second kappa shape index (κ2) is 2.85. The Labute approximate surface area is 70.2 Å². The van der Waals surface area contributed by atoms with E-state index in [9.17, 15) is 13.2 Å². The van der Waals surface area contributed by atoms with Crippen molar-refractivity contribution in [1.82, 2.24) is 0 Å². The predicted molar refractivity (Wildman–Crippen MR) is 38.8 cm³/mol. The van der Waals surface area contributed by atoms with Crippen molar-refractivity contribution in [3.8, 4) is 0 Å². The molecule has 0 N–H and O–H groups in total. The minimum absolute atomic E-state index is 0.182. The van der Waals surface area contributed by atoms with Crippen molar-refractivity contribution in [2.75, 3.05) is 0 Å². The maximum atomic E-state index is 12.7. The van der Waals surface area contributed by atoms with Gasteiger partial charge in [0.25, 0.3) is 0 Å². The van der Waals surface area contributed by atoms with Crippen molar-refractivity contribution in [3.05, 3.63) is 33.6 Å². The largest absolute Gasteiger partial charge is 0.206 e. The van der Waals surface area contributed by atoms with E-state index >= 15 is 0 Å². The number of hydrogen-bond donors (Lipinski definition) is 0. The zero-order valence-corrected chi connectivity index (χ0v) is 7.18. The Bertz CT molecular complexity index is 270. The van der Waals surface area contributed by atoms with Gasteiger partial charge in [-0.15, -0.1) is 0 Å². The number of hydrogen-bond acceptors (Lipinski definition) is 0. The molecular weight excluding hydrogens is 221 g/mol. The first-order valence-corrected chi connectivity index (χ1v) is 3.63.